The summed E-state index contributed by atoms with van der Waals surface area (Å²) in [6, 6.07) is 6.39. The quantitative estimate of drug-likeness (QED) is 0.730. The van der Waals surface area contributed by atoms with Gasteiger partial charge in [-0.05, 0) is 17.7 Å². The third-order valence-corrected chi connectivity index (χ3v) is 3.45. The lowest BCUT2D eigenvalue weighted by Crippen LogP contribution is -1.97. The molecule has 1 aliphatic heterocycles. The Bertz CT molecular complexity index is 552. The van der Waals surface area contributed by atoms with Crippen molar-refractivity contribution in [2.24, 2.45) is 0 Å². The Balaban J connectivity index is 2.30. The first kappa shape index (κ1) is 10.9. The van der Waals surface area contributed by atoms with Crippen LogP contribution in [0.25, 0.3) is 5.57 Å². The monoisotopic (exact) mass is 238 g/mol. The molecule has 0 unspecified atom stereocenters. The zero-order valence-electron chi connectivity index (χ0n) is 8.64. The maximum atomic E-state index is 11.2. The van der Waals surface area contributed by atoms with E-state index in [-0.39, 0.29) is 17.3 Å². The van der Waals surface area contributed by atoms with Crippen LogP contribution in [-0.2, 0) is 19.4 Å². The van der Waals surface area contributed by atoms with Crippen molar-refractivity contribution in [3.8, 4) is 0 Å². The molecule has 0 amide bonds. The third-order valence-electron chi connectivity index (χ3n) is 2.32. The Morgan fingerprint density at radius 1 is 1.19 bits per heavy atom. The van der Waals surface area contributed by atoms with Crippen molar-refractivity contribution in [2.75, 3.05) is 6.26 Å². The highest BCUT2D eigenvalue weighted by molar-refractivity contribution is 7.90. The van der Waals surface area contributed by atoms with Gasteiger partial charge in [0.1, 0.15) is 0 Å². The molecule has 0 saturated carbocycles. The summed E-state index contributed by atoms with van der Waals surface area (Å²) in [4.78, 5) is 11.1. The van der Waals surface area contributed by atoms with Gasteiger partial charge in [-0.2, -0.15) is 0 Å². The first-order valence-corrected chi connectivity index (χ1v) is 6.55. The molecule has 1 heterocycles. The van der Waals surface area contributed by atoms with Gasteiger partial charge in [0.25, 0.3) is 0 Å². The highest BCUT2D eigenvalue weighted by atomic mass is 32.2. The molecule has 1 aliphatic rings. The summed E-state index contributed by atoms with van der Waals surface area (Å²) in [5, 5.41) is 0. The molecule has 1 aromatic rings. The maximum Gasteiger partial charge on any atom is 0.315 e. The van der Waals surface area contributed by atoms with Gasteiger partial charge in [0.05, 0.1) is 17.6 Å². The second-order valence-electron chi connectivity index (χ2n) is 3.61. The van der Waals surface area contributed by atoms with E-state index < -0.39 is 9.84 Å². The lowest BCUT2D eigenvalue weighted by Gasteiger charge is -2.01. The van der Waals surface area contributed by atoms with Crippen molar-refractivity contribution in [3.05, 3.63) is 36.1 Å². The van der Waals surface area contributed by atoms with Crippen LogP contribution in [0.3, 0.4) is 0 Å². The van der Waals surface area contributed by atoms with Crippen LogP contribution in [0.1, 0.15) is 12.0 Å². The van der Waals surface area contributed by atoms with E-state index in [2.05, 4.69) is 0 Å². The number of benzene rings is 1. The fraction of sp³-hybridized carbons (Fsp3) is 0.182. The van der Waals surface area contributed by atoms with Crippen molar-refractivity contribution in [2.45, 2.75) is 11.3 Å². The molecule has 0 aliphatic carbocycles. The highest BCUT2D eigenvalue weighted by Gasteiger charge is 2.16. The van der Waals surface area contributed by atoms with Gasteiger partial charge in [0, 0.05) is 11.8 Å². The van der Waals surface area contributed by atoms with E-state index in [1.54, 1.807) is 12.1 Å². The molecule has 0 N–H and O–H groups in total. The molecule has 5 heteroatoms. The van der Waals surface area contributed by atoms with Crippen molar-refractivity contribution in [1.29, 1.82) is 0 Å². The molecule has 0 aromatic heterocycles. The van der Waals surface area contributed by atoms with Crippen LogP contribution in [-0.4, -0.2) is 20.6 Å². The van der Waals surface area contributed by atoms with Crippen LogP contribution in [0.4, 0.5) is 0 Å². The summed E-state index contributed by atoms with van der Waals surface area (Å²) in [6.45, 7) is 0. The Kier molecular flexibility index (Phi) is 2.55. The van der Waals surface area contributed by atoms with Crippen LogP contribution in [0, 0.1) is 0 Å². The summed E-state index contributed by atoms with van der Waals surface area (Å²) in [5.74, 6) is -0.290. The average Bonchev–Trinajstić information content (AvgIpc) is 2.64. The number of rotatable bonds is 2. The number of esters is 1. The van der Waals surface area contributed by atoms with Gasteiger partial charge in [-0.25, -0.2) is 8.42 Å². The first-order chi connectivity index (χ1) is 7.47. The lowest BCUT2D eigenvalue weighted by molar-refractivity contribution is -0.135. The third kappa shape index (κ3) is 2.14. The van der Waals surface area contributed by atoms with Crippen molar-refractivity contribution >= 4 is 21.4 Å². The van der Waals surface area contributed by atoms with Gasteiger partial charge >= 0.3 is 5.97 Å². The molecule has 16 heavy (non-hydrogen) atoms. The van der Waals surface area contributed by atoms with Crippen molar-refractivity contribution in [3.63, 3.8) is 0 Å². The van der Waals surface area contributed by atoms with Crippen LogP contribution in [0.5, 0.6) is 0 Å². The number of cyclic esters (lactones) is 1. The van der Waals surface area contributed by atoms with Gasteiger partial charge in [0.15, 0.2) is 9.84 Å². The van der Waals surface area contributed by atoms with Crippen LogP contribution in [0.15, 0.2) is 35.4 Å². The van der Waals surface area contributed by atoms with E-state index >= 15 is 0 Å². The average molecular weight is 238 g/mol. The van der Waals surface area contributed by atoms with Gasteiger partial charge < -0.3 is 4.74 Å². The number of hydrogen-bond donors (Lipinski definition) is 0. The minimum atomic E-state index is -3.17. The van der Waals surface area contributed by atoms with Crippen LogP contribution < -0.4 is 0 Å². The number of carbonyl (C=O) groups excluding carboxylic acids is 1. The summed E-state index contributed by atoms with van der Waals surface area (Å²) in [7, 11) is -3.17. The van der Waals surface area contributed by atoms with E-state index in [4.69, 9.17) is 4.74 Å². The second kappa shape index (κ2) is 3.75. The van der Waals surface area contributed by atoms with Gasteiger partial charge in [-0.1, -0.05) is 12.1 Å². The van der Waals surface area contributed by atoms with Gasteiger partial charge in [-0.15, -0.1) is 0 Å². The molecule has 0 spiro atoms. The standard InChI is InChI=1S/C11H10O4S/c1-16(13,14)10-4-2-8(3-5-10)9-6-11(12)15-7-9/h2-5,7H,6H2,1H3. The first-order valence-electron chi connectivity index (χ1n) is 4.66. The topological polar surface area (TPSA) is 60.4 Å². The number of carbonyl (C=O) groups is 1. The SMILES string of the molecule is CS(=O)(=O)c1ccc(C2=COC(=O)C2)cc1. The Morgan fingerprint density at radius 3 is 2.25 bits per heavy atom. The summed E-state index contributed by atoms with van der Waals surface area (Å²) in [6.07, 6.45) is 2.79. The second-order valence-corrected chi connectivity index (χ2v) is 5.62. The summed E-state index contributed by atoms with van der Waals surface area (Å²) >= 11 is 0. The Morgan fingerprint density at radius 2 is 1.81 bits per heavy atom. The molecule has 84 valence electrons. The van der Waals surface area contributed by atoms with Crippen LogP contribution >= 0.6 is 0 Å². The summed E-state index contributed by atoms with van der Waals surface area (Å²) in [5.41, 5.74) is 1.57. The minimum Gasteiger partial charge on any atom is -0.434 e. The predicted octanol–water partition coefficient (Wildman–Crippen LogP) is 1.38. The normalized spacial score (nSPS) is 15.8. The smallest absolute Gasteiger partial charge is 0.315 e. The fourth-order valence-corrected chi connectivity index (χ4v) is 2.09. The number of hydrogen-bond acceptors (Lipinski definition) is 4. The molecule has 0 saturated heterocycles. The highest BCUT2D eigenvalue weighted by Crippen LogP contribution is 2.24. The molecule has 0 fully saturated rings. The van der Waals surface area contributed by atoms with Gasteiger partial charge in [0.2, 0.25) is 0 Å². The fourth-order valence-electron chi connectivity index (χ4n) is 1.46. The van der Waals surface area contributed by atoms with Crippen molar-refractivity contribution in [1.82, 2.24) is 0 Å². The molecular formula is C11H10O4S. The minimum absolute atomic E-state index is 0.234. The molecule has 2 rings (SSSR count). The van der Waals surface area contributed by atoms with E-state index in [0.29, 0.717) is 0 Å². The maximum absolute atomic E-state index is 11.2. The zero-order chi connectivity index (χ0) is 11.8. The molecular weight excluding hydrogens is 228 g/mol. The molecule has 0 radical (unpaired) electrons. The lowest BCUT2D eigenvalue weighted by atomic mass is 10.1. The number of sulfone groups is 1. The number of ether oxygens (including phenoxy) is 1. The van der Waals surface area contributed by atoms with Gasteiger partial charge in [-0.3, -0.25) is 4.79 Å². The van der Waals surface area contributed by atoms with E-state index in [1.807, 2.05) is 0 Å². The predicted molar refractivity (Wildman–Crippen MR) is 58.2 cm³/mol. The van der Waals surface area contributed by atoms with Crippen LogP contribution in [0.2, 0.25) is 0 Å². The molecule has 0 atom stereocenters. The largest absolute Gasteiger partial charge is 0.434 e. The summed E-state index contributed by atoms with van der Waals surface area (Å²) < 4.78 is 27.1. The van der Waals surface area contributed by atoms with E-state index in [0.717, 1.165) is 17.4 Å². The van der Waals surface area contributed by atoms with Crippen molar-refractivity contribution < 1.29 is 17.9 Å². The Labute approximate surface area is 93.5 Å². The molecule has 4 nitrogen and oxygen atoms in total. The van der Waals surface area contributed by atoms with E-state index in [9.17, 15) is 13.2 Å². The zero-order valence-corrected chi connectivity index (χ0v) is 9.45. The van der Waals surface area contributed by atoms with E-state index in [1.165, 1.54) is 18.4 Å². The molecule has 0 bridgehead atoms. The Hall–Kier alpha value is -1.62. The molecule has 1 aromatic carbocycles.